The van der Waals surface area contributed by atoms with Gasteiger partial charge in [0.2, 0.25) is 0 Å². The van der Waals surface area contributed by atoms with Crippen molar-refractivity contribution >= 4 is 33.5 Å². The molecule has 2 aromatic rings. The van der Waals surface area contributed by atoms with E-state index < -0.39 is 0 Å². The number of hydrogen-bond acceptors (Lipinski definition) is 4. The van der Waals surface area contributed by atoms with Gasteiger partial charge in [-0.25, -0.2) is 9.97 Å². The zero-order valence-electron chi connectivity index (χ0n) is 12.0. The first-order chi connectivity index (χ1) is 10.3. The van der Waals surface area contributed by atoms with Crippen molar-refractivity contribution in [3.8, 4) is 0 Å². The molecule has 1 aliphatic carbocycles. The van der Waals surface area contributed by atoms with E-state index in [-0.39, 0.29) is 0 Å². The van der Waals surface area contributed by atoms with Gasteiger partial charge in [-0.3, -0.25) is 0 Å². The van der Waals surface area contributed by atoms with Crippen LogP contribution in [-0.2, 0) is 18.6 Å². The Hall–Kier alpha value is -1.07. The fourth-order valence-corrected chi connectivity index (χ4v) is 3.93. The molecule has 1 heterocycles. The molecule has 0 fully saturated rings. The van der Waals surface area contributed by atoms with E-state index in [1.807, 2.05) is 6.07 Å². The van der Waals surface area contributed by atoms with Crippen molar-refractivity contribution in [3.05, 3.63) is 45.8 Å². The lowest BCUT2D eigenvalue weighted by Crippen LogP contribution is -2.08. The van der Waals surface area contributed by atoms with E-state index >= 15 is 0 Å². The van der Waals surface area contributed by atoms with Crippen LogP contribution in [0, 0.1) is 0 Å². The van der Waals surface area contributed by atoms with Gasteiger partial charge in [0.05, 0.1) is 5.75 Å². The average Bonchev–Trinajstić information content (AvgIpc) is 2.94. The van der Waals surface area contributed by atoms with Gasteiger partial charge in [-0.15, -0.1) is 11.8 Å². The summed E-state index contributed by atoms with van der Waals surface area (Å²) in [7, 11) is 0. The molecule has 1 aromatic heterocycles. The Morgan fingerprint density at radius 3 is 3.00 bits per heavy atom. The van der Waals surface area contributed by atoms with Crippen molar-refractivity contribution in [3.63, 3.8) is 0 Å². The van der Waals surface area contributed by atoms with Crippen LogP contribution < -0.4 is 5.32 Å². The minimum atomic E-state index is 0.808. The summed E-state index contributed by atoms with van der Waals surface area (Å²) in [4.78, 5) is 10.7. The second-order valence-electron chi connectivity index (χ2n) is 5.04. The highest BCUT2D eigenvalue weighted by atomic mass is 79.9. The summed E-state index contributed by atoms with van der Waals surface area (Å²) in [6.07, 6.45) is 3.39. The highest BCUT2D eigenvalue weighted by molar-refractivity contribution is 9.10. The van der Waals surface area contributed by atoms with Crippen LogP contribution in [0.25, 0.3) is 0 Å². The Labute approximate surface area is 138 Å². The van der Waals surface area contributed by atoms with Gasteiger partial charge in [0.1, 0.15) is 11.6 Å². The molecule has 0 bridgehead atoms. The molecular weight excluding hydrogens is 346 g/mol. The number of thioether (sulfide) groups is 1. The molecule has 21 heavy (non-hydrogen) atoms. The maximum atomic E-state index is 4.75. The number of aryl methyl sites for hydroxylation is 1. The number of anilines is 1. The molecule has 3 rings (SSSR count). The van der Waals surface area contributed by atoms with Crippen molar-refractivity contribution in [2.75, 3.05) is 11.9 Å². The topological polar surface area (TPSA) is 37.8 Å². The smallest absolute Gasteiger partial charge is 0.141 e. The molecule has 1 N–H and O–H groups in total. The Kier molecular flexibility index (Phi) is 4.80. The monoisotopic (exact) mass is 363 g/mol. The third-order valence-electron chi connectivity index (χ3n) is 3.49. The molecule has 0 aliphatic heterocycles. The molecule has 110 valence electrons. The number of halogens is 1. The molecule has 5 heteroatoms. The minimum absolute atomic E-state index is 0.808. The van der Waals surface area contributed by atoms with E-state index in [4.69, 9.17) is 9.97 Å². The molecule has 0 atom stereocenters. The molecule has 0 saturated carbocycles. The Morgan fingerprint density at radius 2 is 2.19 bits per heavy atom. The van der Waals surface area contributed by atoms with Crippen LogP contribution in [0.4, 0.5) is 5.82 Å². The fourth-order valence-electron chi connectivity index (χ4n) is 2.57. The van der Waals surface area contributed by atoms with Gasteiger partial charge in [-0.05, 0) is 44.4 Å². The van der Waals surface area contributed by atoms with Crippen molar-refractivity contribution in [2.24, 2.45) is 0 Å². The summed E-state index contributed by atoms with van der Waals surface area (Å²) < 4.78 is 1.11. The van der Waals surface area contributed by atoms with Crippen molar-refractivity contribution in [2.45, 2.75) is 36.8 Å². The molecule has 1 aromatic carbocycles. The first kappa shape index (κ1) is 14.9. The summed E-state index contributed by atoms with van der Waals surface area (Å²) in [5.74, 6) is 2.78. The number of aromatic nitrogens is 2. The largest absolute Gasteiger partial charge is 0.370 e. The van der Waals surface area contributed by atoms with E-state index in [1.54, 1.807) is 11.8 Å². The number of nitrogens with one attached hydrogen (secondary N) is 1. The van der Waals surface area contributed by atoms with Crippen molar-refractivity contribution in [1.82, 2.24) is 9.97 Å². The van der Waals surface area contributed by atoms with E-state index in [0.717, 1.165) is 41.3 Å². The Morgan fingerprint density at radius 1 is 1.29 bits per heavy atom. The summed E-state index contributed by atoms with van der Waals surface area (Å²) in [5.41, 5.74) is 2.57. The molecule has 0 spiro atoms. The molecule has 0 amide bonds. The lowest BCUT2D eigenvalue weighted by Gasteiger charge is -2.11. The zero-order chi connectivity index (χ0) is 14.7. The average molecular weight is 364 g/mol. The summed E-state index contributed by atoms with van der Waals surface area (Å²) in [6.45, 7) is 3.01. The fraction of sp³-hybridized carbons (Fsp3) is 0.375. The number of hydrogen-bond donors (Lipinski definition) is 1. The summed E-state index contributed by atoms with van der Waals surface area (Å²) in [6, 6.07) is 8.34. The van der Waals surface area contributed by atoms with Crippen LogP contribution in [0.15, 0.2) is 33.6 Å². The van der Waals surface area contributed by atoms with Crippen LogP contribution in [0.1, 0.15) is 30.4 Å². The Bertz CT molecular complexity index is 645. The van der Waals surface area contributed by atoms with Gasteiger partial charge in [0.25, 0.3) is 0 Å². The molecule has 0 unspecified atom stereocenters. The number of benzene rings is 1. The summed E-state index contributed by atoms with van der Waals surface area (Å²) in [5, 5.41) is 3.39. The van der Waals surface area contributed by atoms with E-state index in [9.17, 15) is 0 Å². The quantitative estimate of drug-likeness (QED) is 0.796. The number of rotatable bonds is 5. The first-order valence-electron chi connectivity index (χ1n) is 7.27. The molecule has 0 saturated heterocycles. The zero-order valence-corrected chi connectivity index (χ0v) is 14.4. The second-order valence-corrected chi connectivity index (χ2v) is 7.01. The number of fused-ring (bicyclic) bond motifs is 1. The summed E-state index contributed by atoms with van der Waals surface area (Å²) >= 11 is 5.28. The van der Waals surface area contributed by atoms with Crippen LogP contribution in [-0.4, -0.2) is 16.5 Å². The first-order valence-corrected chi connectivity index (χ1v) is 9.05. The van der Waals surface area contributed by atoms with Crippen LogP contribution in [0.3, 0.4) is 0 Å². The van der Waals surface area contributed by atoms with E-state index in [0.29, 0.717) is 0 Å². The van der Waals surface area contributed by atoms with E-state index in [2.05, 4.69) is 46.4 Å². The van der Waals surface area contributed by atoms with Crippen LogP contribution in [0.2, 0.25) is 0 Å². The SMILES string of the molecule is CCNc1nc(CSc2cccc(Br)c2)nc2c1CCC2. The lowest BCUT2D eigenvalue weighted by atomic mass is 10.2. The van der Waals surface area contributed by atoms with Gasteiger partial charge in [-0.2, -0.15) is 0 Å². The van der Waals surface area contributed by atoms with Crippen LogP contribution in [0.5, 0.6) is 0 Å². The highest BCUT2D eigenvalue weighted by Gasteiger charge is 2.18. The third kappa shape index (κ3) is 3.58. The van der Waals surface area contributed by atoms with Gasteiger partial charge in [0.15, 0.2) is 0 Å². The molecule has 3 nitrogen and oxygen atoms in total. The van der Waals surface area contributed by atoms with Gasteiger partial charge in [-0.1, -0.05) is 22.0 Å². The van der Waals surface area contributed by atoms with Gasteiger partial charge >= 0.3 is 0 Å². The van der Waals surface area contributed by atoms with Gasteiger partial charge in [0, 0.05) is 27.2 Å². The van der Waals surface area contributed by atoms with Crippen molar-refractivity contribution in [1.29, 1.82) is 0 Å². The lowest BCUT2D eigenvalue weighted by molar-refractivity contribution is 0.893. The normalized spacial score (nSPS) is 13.2. The highest BCUT2D eigenvalue weighted by Crippen LogP contribution is 2.29. The predicted octanol–water partition coefficient (Wildman–Crippen LogP) is 4.45. The van der Waals surface area contributed by atoms with E-state index in [1.165, 1.54) is 22.6 Å². The standard InChI is InChI=1S/C16H18BrN3S/c1-2-18-16-13-7-4-8-14(13)19-15(20-16)10-21-12-6-3-5-11(17)9-12/h3,5-6,9H,2,4,7-8,10H2,1H3,(H,18,19,20). The Balaban J connectivity index is 1.78. The second kappa shape index (κ2) is 6.79. The number of nitrogens with zero attached hydrogens (tertiary/aromatic N) is 2. The predicted molar refractivity (Wildman–Crippen MR) is 91.9 cm³/mol. The molecule has 0 radical (unpaired) electrons. The molecular formula is C16H18BrN3S. The minimum Gasteiger partial charge on any atom is -0.370 e. The van der Waals surface area contributed by atoms with Gasteiger partial charge < -0.3 is 5.32 Å². The van der Waals surface area contributed by atoms with Crippen molar-refractivity contribution < 1.29 is 0 Å². The third-order valence-corrected chi connectivity index (χ3v) is 4.97. The van der Waals surface area contributed by atoms with Crippen LogP contribution >= 0.6 is 27.7 Å². The molecule has 1 aliphatic rings. The maximum Gasteiger partial charge on any atom is 0.141 e. The maximum absolute atomic E-state index is 4.75.